The molecule has 1 aromatic carbocycles. The average Bonchev–Trinajstić information content (AvgIpc) is 2.53. The van der Waals surface area contributed by atoms with E-state index in [1.807, 2.05) is 13.8 Å². The predicted molar refractivity (Wildman–Crippen MR) is 67.1 cm³/mol. The maximum Gasteiger partial charge on any atom is 0.0236 e. The van der Waals surface area contributed by atoms with E-state index in [1.165, 1.54) is 31.5 Å². The van der Waals surface area contributed by atoms with E-state index < -0.39 is 0 Å². The summed E-state index contributed by atoms with van der Waals surface area (Å²) in [4.78, 5) is 2.52. The van der Waals surface area contributed by atoms with Gasteiger partial charge >= 0.3 is 0 Å². The Morgan fingerprint density at radius 3 is 2.47 bits per heavy atom. The van der Waals surface area contributed by atoms with E-state index >= 15 is 0 Å². The monoisotopic (exact) mass is 205 g/mol. The van der Waals surface area contributed by atoms with Crippen LogP contribution in [0.4, 0.5) is 0 Å². The van der Waals surface area contributed by atoms with E-state index in [4.69, 9.17) is 0 Å². The number of nitrogens with zero attached hydrogens (tertiary/aromatic N) is 1. The van der Waals surface area contributed by atoms with Crippen LogP contribution in [0.3, 0.4) is 0 Å². The van der Waals surface area contributed by atoms with Crippen molar-refractivity contribution in [3.63, 3.8) is 0 Å². The fourth-order valence-electron chi connectivity index (χ4n) is 2.04. The third-order valence-electron chi connectivity index (χ3n) is 2.88. The van der Waals surface area contributed by atoms with Crippen LogP contribution in [0.1, 0.15) is 38.3 Å². The van der Waals surface area contributed by atoms with Gasteiger partial charge in [0.1, 0.15) is 0 Å². The van der Waals surface area contributed by atoms with Crippen LogP contribution in [0.5, 0.6) is 0 Å². The van der Waals surface area contributed by atoms with Gasteiger partial charge in [-0.25, -0.2) is 0 Å². The Labute approximate surface area is 94.1 Å². The van der Waals surface area contributed by atoms with Crippen molar-refractivity contribution >= 4 is 0 Å². The fourth-order valence-corrected chi connectivity index (χ4v) is 2.04. The lowest BCUT2D eigenvalue weighted by Gasteiger charge is -2.17. The van der Waals surface area contributed by atoms with E-state index in [0.717, 1.165) is 6.54 Å². The summed E-state index contributed by atoms with van der Waals surface area (Å²) in [6.07, 6.45) is 2.57. The molecule has 1 heteroatoms. The summed E-state index contributed by atoms with van der Waals surface area (Å²) < 4.78 is 0. The molecule has 1 aliphatic rings. The molecule has 1 nitrogen and oxygen atoms in total. The van der Waals surface area contributed by atoms with Gasteiger partial charge in [0.2, 0.25) is 0 Å². The highest BCUT2D eigenvalue weighted by atomic mass is 15.1. The number of aryl methyl sites for hydroxylation is 1. The Morgan fingerprint density at radius 2 is 1.80 bits per heavy atom. The van der Waals surface area contributed by atoms with Crippen LogP contribution >= 0.6 is 0 Å². The molecular formula is C14H23N. The molecule has 0 fully saturated rings. The van der Waals surface area contributed by atoms with E-state index in [0.29, 0.717) is 0 Å². The predicted octanol–water partition coefficient (Wildman–Crippen LogP) is 3.48. The van der Waals surface area contributed by atoms with Crippen molar-refractivity contribution in [3.8, 4) is 0 Å². The van der Waals surface area contributed by atoms with Gasteiger partial charge in [-0.3, -0.25) is 4.90 Å². The number of hydrogen-bond donors (Lipinski definition) is 0. The van der Waals surface area contributed by atoms with Gasteiger partial charge < -0.3 is 0 Å². The molecule has 2 rings (SSSR count). The van der Waals surface area contributed by atoms with Gasteiger partial charge in [0, 0.05) is 6.54 Å². The molecule has 1 heterocycles. The Bertz CT molecular complexity index is 280. The molecule has 0 saturated heterocycles. The molecule has 1 aromatic rings. The highest BCUT2D eigenvalue weighted by Gasteiger charge is 2.11. The third-order valence-corrected chi connectivity index (χ3v) is 2.88. The van der Waals surface area contributed by atoms with Crippen molar-refractivity contribution in [2.75, 3.05) is 13.1 Å². The fraction of sp³-hybridized carbons (Fsp3) is 0.571. The first-order valence-electron chi connectivity index (χ1n) is 6.19. The van der Waals surface area contributed by atoms with Crippen molar-refractivity contribution in [2.45, 2.75) is 40.2 Å². The summed E-state index contributed by atoms with van der Waals surface area (Å²) in [5.74, 6) is 0. The van der Waals surface area contributed by atoms with Crippen molar-refractivity contribution in [1.82, 2.24) is 4.90 Å². The summed E-state index contributed by atoms with van der Waals surface area (Å²) in [5, 5.41) is 0. The first kappa shape index (κ1) is 12.3. The standard InChI is InChI=1S/C12H17N.C2H6/c1-2-13-9-5-8-11-6-3-4-7-12(11)10-13;1-2/h3-4,6-7H,2,5,8-10H2,1H3;1-2H3. The second-order valence-electron chi connectivity index (χ2n) is 3.74. The lowest BCUT2D eigenvalue weighted by atomic mass is 10.0. The molecule has 0 N–H and O–H groups in total. The summed E-state index contributed by atoms with van der Waals surface area (Å²) >= 11 is 0. The maximum atomic E-state index is 2.52. The lowest BCUT2D eigenvalue weighted by Crippen LogP contribution is -2.22. The van der Waals surface area contributed by atoms with Gasteiger partial charge in [-0.05, 0) is 37.1 Å². The Morgan fingerprint density at radius 1 is 1.13 bits per heavy atom. The largest absolute Gasteiger partial charge is 0.299 e. The quantitative estimate of drug-likeness (QED) is 0.678. The van der Waals surface area contributed by atoms with Gasteiger partial charge in [-0.2, -0.15) is 0 Å². The molecule has 15 heavy (non-hydrogen) atoms. The molecule has 0 radical (unpaired) electrons. The normalized spacial score (nSPS) is 15.9. The zero-order chi connectivity index (χ0) is 11.1. The van der Waals surface area contributed by atoms with Gasteiger partial charge in [-0.15, -0.1) is 0 Å². The van der Waals surface area contributed by atoms with Crippen LogP contribution < -0.4 is 0 Å². The molecule has 0 aliphatic carbocycles. The second kappa shape index (κ2) is 6.62. The summed E-state index contributed by atoms with van der Waals surface area (Å²) in [6.45, 7) is 9.82. The smallest absolute Gasteiger partial charge is 0.0236 e. The number of fused-ring (bicyclic) bond motifs is 1. The number of rotatable bonds is 1. The van der Waals surface area contributed by atoms with E-state index in [2.05, 4.69) is 36.1 Å². The molecule has 84 valence electrons. The van der Waals surface area contributed by atoms with Crippen LogP contribution in [0.2, 0.25) is 0 Å². The lowest BCUT2D eigenvalue weighted by molar-refractivity contribution is 0.284. The van der Waals surface area contributed by atoms with E-state index in [9.17, 15) is 0 Å². The first-order valence-corrected chi connectivity index (χ1v) is 6.19. The van der Waals surface area contributed by atoms with Crippen molar-refractivity contribution < 1.29 is 0 Å². The molecular weight excluding hydrogens is 182 g/mol. The molecule has 0 aromatic heterocycles. The summed E-state index contributed by atoms with van der Waals surface area (Å²) in [5.41, 5.74) is 3.08. The zero-order valence-electron chi connectivity index (χ0n) is 10.3. The highest BCUT2D eigenvalue weighted by molar-refractivity contribution is 5.27. The summed E-state index contributed by atoms with van der Waals surface area (Å²) in [6, 6.07) is 8.84. The van der Waals surface area contributed by atoms with Gasteiger partial charge in [0.25, 0.3) is 0 Å². The van der Waals surface area contributed by atoms with Crippen molar-refractivity contribution in [1.29, 1.82) is 0 Å². The molecule has 0 unspecified atom stereocenters. The molecule has 0 spiro atoms. The van der Waals surface area contributed by atoms with Crippen LogP contribution in [0.15, 0.2) is 24.3 Å². The van der Waals surface area contributed by atoms with Gasteiger partial charge in [-0.1, -0.05) is 45.0 Å². The third kappa shape index (κ3) is 3.35. The molecule has 0 amide bonds. The SMILES string of the molecule is CC.CCN1CCCc2ccccc2C1. The first-order chi connectivity index (χ1) is 7.40. The minimum atomic E-state index is 1.15. The van der Waals surface area contributed by atoms with E-state index in [-0.39, 0.29) is 0 Å². The Hall–Kier alpha value is -0.820. The summed E-state index contributed by atoms with van der Waals surface area (Å²) in [7, 11) is 0. The molecule has 1 aliphatic heterocycles. The van der Waals surface area contributed by atoms with Crippen LogP contribution in [0, 0.1) is 0 Å². The second-order valence-corrected chi connectivity index (χ2v) is 3.74. The molecule has 0 bridgehead atoms. The van der Waals surface area contributed by atoms with Crippen LogP contribution in [-0.2, 0) is 13.0 Å². The highest BCUT2D eigenvalue weighted by Crippen LogP contribution is 2.17. The van der Waals surface area contributed by atoms with Crippen molar-refractivity contribution in [3.05, 3.63) is 35.4 Å². The molecule has 0 atom stereocenters. The average molecular weight is 205 g/mol. The number of benzene rings is 1. The van der Waals surface area contributed by atoms with Crippen molar-refractivity contribution in [2.24, 2.45) is 0 Å². The van der Waals surface area contributed by atoms with Gasteiger partial charge in [0.05, 0.1) is 0 Å². The minimum Gasteiger partial charge on any atom is -0.299 e. The van der Waals surface area contributed by atoms with E-state index in [1.54, 1.807) is 5.56 Å². The van der Waals surface area contributed by atoms with Crippen LogP contribution in [-0.4, -0.2) is 18.0 Å². The maximum absolute atomic E-state index is 2.52. The minimum absolute atomic E-state index is 1.15. The Kier molecular flexibility index (Phi) is 5.41. The van der Waals surface area contributed by atoms with Crippen LogP contribution in [0.25, 0.3) is 0 Å². The topological polar surface area (TPSA) is 3.24 Å². The zero-order valence-corrected chi connectivity index (χ0v) is 10.3. The Balaban J connectivity index is 0.000000531. The number of hydrogen-bond acceptors (Lipinski definition) is 1. The molecule has 0 saturated carbocycles. The van der Waals surface area contributed by atoms with Gasteiger partial charge in [0.15, 0.2) is 0 Å².